The highest BCUT2D eigenvalue weighted by atomic mass is 35.5. The Morgan fingerprint density at radius 1 is 1.31 bits per heavy atom. The molecule has 0 aromatic heterocycles. The van der Waals surface area contributed by atoms with E-state index in [2.05, 4.69) is 0 Å². The molecule has 16 heavy (non-hydrogen) atoms. The molecule has 2 N–H and O–H groups in total. The summed E-state index contributed by atoms with van der Waals surface area (Å²) in [6, 6.07) is 5.21. The van der Waals surface area contributed by atoms with Gasteiger partial charge in [0.1, 0.15) is 5.82 Å². The van der Waals surface area contributed by atoms with Gasteiger partial charge in [-0.1, -0.05) is 36.6 Å². The highest BCUT2D eigenvalue weighted by Crippen LogP contribution is 2.40. The standard InChI is InChI=1S/C13H17ClFN/c14-11-5-3-4-10(12(11)15)8-13(9-16)6-1-2-7-13/h3-5H,1-2,6-9,16H2. The molecule has 0 unspecified atom stereocenters. The van der Waals surface area contributed by atoms with Gasteiger partial charge in [-0.25, -0.2) is 4.39 Å². The van der Waals surface area contributed by atoms with E-state index < -0.39 is 0 Å². The highest BCUT2D eigenvalue weighted by Gasteiger charge is 2.33. The number of halogens is 2. The lowest BCUT2D eigenvalue weighted by Crippen LogP contribution is -2.30. The van der Waals surface area contributed by atoms with Crippen LogP contribution in [0, 0.1) is 11.2 Å². The Bertz CT molecular complexity index is 372. The van der Waals surface area contributed by atoms with Crippen LogP contribution in [0.5, 0.6) is 0 Å². The first-order valence-corrected chi connectivity index (χ1v) is 6.18. The third kappa shape index (κ3) is 2.23. The minimum atomic E-state index is -0.274. The molecule has 0 heterocycles. The van der Waals surface area contributed by atoms with E-state index in [0.717, 1.165) is 19.3 Å². The summed E-state index contributed by atoms with van der Waals surface area (Å²) < 4.78 is 13.8. The van der Waals surface area contributed by atoms with Crippen LogP contribution in [0.15, 0.2) is 18.2 Å². The predicted octanol–water partition coefficient (Wildman–Crippen LogP) is 3.54. The van der Waals surface area contributed by atoms with Gasteiger partial charge in [0.15, 0.2) is 0 Å². The van der Waals surface area contributed by atoms with E-state index in [1.165, 1.54) is 12.8 Å². The maximum atomic E-state index is 13.8. The second-order valence-electron chi connectivity index (χ2n) is 4.80. The van der Waals surface area contributed by atoms with Crippen LogP contribution >= 0.6 is 11.6 Å². The molecule has 0 amide bonds. The Labute approximate surface area is 101 Å². The lowest BCUT2D eigenvalue weighted by Gasteiger charge is -2.27. The van der Waals surface area contributed by atoms with Gasteiger partial charge in [-0.2, -0.15) is 0 Å². The van der Waals surface area contributed by atoms with Crippen LogP contribution in [0.1, 0.15) is 31.2 Å². The highest BCUT2D eigenvalue weighted by molar-refractivity contribution is 6.30. The summed E-state index contributed by atoms with van der Waals surface area (Å²) in [6.07, 6.45) is 5.35. The van der Waals surface area contributed by atoms with Crippen LogP contribution in [0.2, 0.25) is 5.02 Å². The predicted molar refractivity (Wildman–Crippen MR) is 65.1 cm³/mol. The van der Waals surface area contributed by atoms with Gasteiger partial charge < -0.3 is 5.73 Å². The molecule has 0 spiro atoms. The maximum absolute atomic E-state index is 13.8. The number of rotatable bonds is 3. The maximum Gasteiger partial charge on any atom is 0.144 e. The zero-order valence-electron chi connectivity index (χ0n) is 9.31. The van der Waals surface area contributed by atoms with Crippen LogP contribution < -0.4 is 5.73 Å². The first-order chi connectivity index (χ1) is 7.67. The molecule has 0 aliphatic heterocycles. The summed E-state index contributed by atoms with van der Waals surface area (Å²) in [6.45, 7) is 0.638. The van der Waals surface area contributed by atoms with Gasteiger partial charge in [0, 0.05) is 0 Å². The molecule has 1 aliphatic rings. The van der Waals surface area contributed by atoms with E-state index in [-0.39, 0.29) is 16.3 Å². The van der Waals surface area contributed by atoms with Crippen LogP contribution in [0.25, 0.3) is 0 Å². The smallest absolute Gasteiger partial charge is 0.144 e. The van der Waals surface area contributed by atoms with E-state index >= 15 is 0 Å². The number of nitrogens with two attached hydrogens (primary N) is 1. The number of hydrogen-bond acceptors (Lipinski definition) is 1. The van der Waals surface area contributed by atoms with Gasteiger partial charge in [0.05, 0.1) is 5.02 Å². The monoisotopic (exact) mass is 241 g/mol. The Hall–Kier alpha value is -0.600. The molecular formula is C13H17ClFN. The first kappa shape index (κ1) is 11.9. The molecule has 1 nitrogen and oxygen atoms in total. The number of hydrogen-bond donors (Lipinski definition) is 1. The van der Waals surface area contributed by atoms with E-state index in [0.29, 0.717) is 12.1 Å². The third-order valence-electron chi connectivity index (χ3n) is 3.69. The molecule has 1 aromatic rings. The normalized spacial score (nSPS) is 18.9. The lowest BCUT2D eigenvalue weighted by molar-refractivity contribution is 0.302. The third-order valence-corrected chi connectivity index (χ3v) is 3.99. The van der Waals surface area contributed by atoms with E-state index in [1.54, 1.807) is 12.1 Å². The van der Waals surface area contributed by atoms with Crippen molar-refractivity contribution in [3.8, 4) is 0 Å². The van der Waals surface area contributed by atoms with E-state index in [4.69, 9.17) is 17.3 Å². The minimum absolute atomic E-state index is 0.103. The minimum Gasteiger partial charge on any atom is -0.330 e. The topological polar surface area (TPSA) is 26.0 Å². The van der Waals surface area contributed by atoms with Gasteiger partial charge in [-0.05, 0) is 42.9 Å². The van der Waals surface area contributed by atoms with Crippen LogP contribution in [-0.2, 0) is 6.42 Å². The molecule has 0 atom stereocenters. The molecule has 2 rings (SSSR count). The van der Waals surface area contributed by atoms with Crippen LogP contribution in [-0.4, -0.2) is 6.54 Å². The Morgan fingerprint density at radius 2 is 2.00 bits per heavy atom. The van der Waals surface area contributed by atoms with Crippen molar-refractivity contribution in [3.63, 3.8) is 0 Å². The average Bonchev–Trinajstić information content (AvgIpc) is 2.74. The van der Waals surface area contributed by atoms with Gasteiger partial charge >= 0.3 is 0 Å². The van der Waals surface area contributed by atoms with Crippen molar-refractivity contribution in [3.05, 3.63) is 34.6 Å². The van der Waals surface area contributed by atoms with Crippen LogP contribution in [0.4, 0.5) is 4.39 Å². The zero-order valence-corrected chi connectivity index (χ0v) is 10.1. The first-order valence-electron chi connectivity index (χ1n) is 5.80. The fraction of sp³-hybridized carbons (Fsp3) is 0.538. The lowest BCUT2D eigenvalue weighted by atomic mass is 9.80. The molecule has 1 fully saturated rings. The summed E-state index contributed by atoms with van der Waals surface area (Å²) >= 11 is 5.78. The summed E-state index contributed by atoms with van der Waals surface area (Å²) in [5.74, 6) is -0.274. The summed E-state index contributed by atoms with van der Waals surface area (Å²) in [5, 5.41) is 0.211. The average molecular weight is 242 g/mol. The fourth-order valence-corrected chi connectivity index (χ4v) is 2.86. The molecule has 1 aliphatic carbocycles. The molecule has 0 radical (unpaired) electrons. The quantitative estimate of drug-likeness (QED) is 0.861. The van der Waals surface area contributed by atoms with Gasteiger partial charge in [0.2, 0.25) is 0 Å². The van der Waals surface area contributed by atoms with Gasteiger partial charge in [-0.15, -0.1) is 0 Å². The van der Waals surface area contributed by atoms with E-state index in [1.807, 2.05) is 6.07 Å². The van der Waals surface area contributed by atoms with Crippen molar-refractivity contribution in [1.82, 2.24) is 0 Å². The summed E-state index contributed by atoms with van der Waals surface area (Å²) in [7, 11) is 0. The van der Waals surface area contributed by atoms with Crippen molar-refractivity contribution < 1.29 is 4.39 Å². The second kappa shape index (κ2) is 4.72. The second-order valence-corrected chi connectivity index (χ2v) is 5.21. The Morgan fingerprint density at radius 3 is 2.62 bits per heavy atom. The van der Waals surface area contributed by atoms with Crippen molar-refractivity contribution in [1.29, 1.82) is 0 Å². The van der Waals surface area contributed by atoms with Crippen molar-refractivity contribution in [2.75, 3.05) is 6.54 Å². The van der Waals surface area contributed by atoms with Crippen molar-refractivity contribution >= 4 is 11.6 Å². The van der Waals surface area contributed by atoms with Crippen molar-refractivity contribution in [2.45, 2.75) is 32.1 Å². The molecule has 1 saturated carbocycles. The van der Waals surface area contributed by atoms with Gasteiger partial charge in [-0.3, -0.25) is 0 Å². The van der Waals surface area contributed by atoms with E-state index in [9.17, 15) is 4.39 Å². The molecule has 0 saturated heterocycles. The number of benzene rings is 1. The molecule has 0 bridgehead atoms. The zero-order chi connectivity index (χ0) is 11.6. The summed E-state index contributed by atoms with van der Waals surface area (Å²) in [4.78, 5) is 0. The molecule has 3 heteroatoms. The molecule has 88 valence electrons. The molecular weight excluding hydrogens is 225 g/mol. The van der Waals surface area contributed by atoms with Crippen LogP contribution in [0.3, 0.4) is 0 Å². The summed E-state index contributed by atoms with van der Waals surface area (Å²) in [5.41, 5.74) is 6.66. The van der Waals surface area contributed by atoms with Crippen molar-refractivity contribution in [2.24, 2.45) is 11.1 Å². The largest absolute Gasteiger partial charge is 0.330 e. The SMILES string of the molecule is NCC1(Cc2cccc(Cl)c2F)CCCC1. The Kier molecular flexibility index (Phi) is 3.50. The Balaban J connectivity index is 2.22. The molecule has 1 aromatic carbocycles. The fourth-order valence-electron chi connectivity index (χ4n) is 2.67. The van der Waals surface area contributed by atoms with Gasteiger partial charge in [0.25, 0.3) is 0 Å².